The van der Waals surface area contributed by atoms with Crippen LogP contribution in [0, 0.1) is 0 Å². The largest absolute Gasteiger partial charge is 0.493 e. The second kappa shape index (κ2) is 7.98. The molecule has 0 atom stereocenters. The van der Waals surface area contributed by atoms with Crippen LogP contribution in [0.1, 0.15) is 29.3 Å². The molecule has 0 saturated carbocycles. The maximum atomic E-state index is 12.2. The molecule has 0 heterocycles. The lowest BCUT2D eigenvalue weighted by atomic mass is 10.1. The van der Waals surface area contributed by atoms with E-state index in [0.29, 0.717) is 17.0 Å². The molecule has 2 aromatic carbocycles. The minimum Gasteiger partial charge on any atom is -0.493 e. The molecule has 0 aliphatic heterocycles. The van der Waals surface area contributed by atoms with E-state index in [-0.39, 0.29) is 18.9 Å². The Balaban J connectivity index is 1.98. The molecule has 0 fully saturated rings. The predicted molar refractivity (Wildman–Crippen MR) is 89.5 cm³/mol. The fourth-order valence-corrected chi connectivity index (χ4v) is 2.03. The Bertz CT molecular complexity index is 681. The topological polar surface area (TPSA) is 81.4 Å². The molecule has 0 unspecified atom stereocenters. The van der Waals surface area contributed by atoms with Crippen molar-refractivity contribution in [3.63, 3.8) is 0 Å². The van der Waals surface area contributed by atoms with Gasteiger partial charge in [0.15, 0.2) is 0 Å². The van der Waals surface area contributed by atoms with Crippen molar-refractivity contribution in [1.29, 1.82) is 0 Å². The van der Waals surface area contributed by atoms with E-state index in [0.717, 1.165) is 6.42 Å². The highest BCUT2D eigenvalue weighted by atomic mass is 16.5. The van der Waals surface area contributed by atoms with Crippen LogP contribution in [0.4, 0.5) is 5.69 Å². The Morgan fingerprint density at radius 1 is 1.13 bits per heavy atom. The molecule has 5 heteroatoms. The molecule has 0 aromatic heterocycles. The third-order valence-corrected chi connectivity index (χ3v) is 3.33. The van der Waals surface area contributed by atoms with Crippen LogP contribution in [0.5, 0.6) is 5.75 Å². The van der Waals surface area contributed by atoms with Crippen molar-refractivity contribution in [2.75, 3.05) is 11.9 Å². The van der Waals surface area contributed by atoms with Gasteiger partial charge in [0.2, 0.25) is 5.91 Å². The first-order valence-corrected chi connectivity index (χ1v) is 7.50. The second-order valence-electron chi connectivity index (χ2n) is 5.10. The zero-order valence-electron chi connectivity index (χ0n) is 13.0. The number of anilines is 1. The van der Waals surface area contributed by atoms with Crippen LogP contribution < -0.4 is 15.8 Å². The monoisotopic (exact) mass is 312 g/mol. The molecule has 23 heavy (non-hydrogen) atoms. The van der Waals surface area contributed by atoms with Crippen molar-refractivity contribution >= 4 is 17.5 Å². The molecule has 2 amide bonds. The fraction of sp³-hybridized carbons (Fsp3) is 0.222. The number of carbonyl (C=O) groups excluding carboxylic acids is 2. The predicted octanol–water partition coefficient (Wildman–Crippen LogP) is 2.76. The van der Waals surface area contributed by atoms with Gasteiger partial charge in [0, 0.05) is 17.3 Å². The number of benzene rings is 2. The lowest BCUT2D eigenvalue weighted by Crippen LogP contribution is -2.15. The maximum Gasteiger partial charge on any atom is 0.255 e. The number of primary amides is 1. The van der Waals surface area contributed by atoms with E-state index in [9.17, 15) is 9.59 Å². The second-order valence-corrected chi connectivity index (χ2v) is 5.10. The molecule has 0 spiro atoms. The first-order chi connectivity index (χ1) is 11.1. The summed E-state index contributed by atoms with van der Waals surface area (Å²) in [4.78, 5) is 22.9. The molecule has 2 rings (SSSR count). The highest BCUT2D eigenvalue weighted by Crippen LogP contribution is 2.18. The van der Waals surface area contributed by atoms with E-state index in [4.69, 9.17) is 10.5 Å². The number of aryl methyl sites for hydroxylation is 1. The van der Waals surface area contributed by atoms with Gasteiger partial charge in [-0.3, -0.25) is 9.59 Å². The van der Waals surface area contributed by atoms with Crippen molar-refractivity contribution < 1.29 is 14.3 Å². The van der Waals surface area contributed by atoms with E-state index in [1.807, 2.05) is 12.1 Å². The van der Waals surface area contributed by atoms with Gasteiger partial charge in [-0.25, -0.2) is 0 Å². The number of rotatable bonds is 7. The van der Waals surface area contributed by atoms with E-state index in [2.05, 4.69) is 12.2 Å². The number of amides is 2. The molecule has 0 aliphatic rings. The molecule has 5 nitrogen and oxygen atoms in total. The first kappa shape index (κ1) is 16.5. The van der Waals surface area contributed by atoms with Crippen molar-refractivity contribution in [2.45, 2.75) is 19.8 Å². The number of nitrogens with one attached hydrogen (secondary N) is 1. The third-order valence-electron chi connectivity index (χ3n) is 3.33. The van der Waals surface area contributed by atoms with Crippen LogP contribution in [0.15, 0.2) is 48.5 Å². The zero-order chi connectivity index (χ0) is 16.7. The highest BCUT2D eigenvalue weighted by molar-refractivity contribution is 6.04. The number of hydrogen-bond acceptors (Lipinski definition) is 3. The Morgan fingerprint density at radius 2 is 1.87 bits per heavy atom. The van der Waals surface area contributed by atoms with Gasteiger partial charge in [-0.15, -0.1) is 0 Å². The maximum absolute atomic E-state index is 12.2. The standard InChI is InChI=1S/C18H20N2O3/c1-2-13-6-8-14(9-7-13)18(22)20-15-4-3-5-16(12-15)23-11-10-17(19)21/h3-9,12H,2,10-11H2,1H3,(H2,19,21)(H,20,22). The summed E-state index contributed by atoms with van der Waals surface area (Å²) in [6.45, 7) is 2.28. The average Bonchev–Trinajstić information content (AvgIpc) is 2.55. The van der Waals surface area contributed by atoms with Crippen LogP contribution in [-0.4, -0.2) is 18.4 Å². The van der Waals surface area contributed by atoms with Gasteiger partial charge in [0.05, 0.1) is 13.0 Å². The Labute approximate surface area is 135 Å². The normalized spacial score (nSPS) is 10.1. The van der Waals surface area contributed by atoms with Gasteiger partial charge in [-0.2, -0.15) is 0 Å². The van der Waals surface area contributed by atoms with E-state index in [1.54, 1.807) is 36.4 Å². The van der Waals surface area contributed by atoms with Gasteiger partial charge < -0.3 is 15.8 Å². The minimum absolute atomic E-state index is 0.153. The Morgan fingerprint density at radius 3 is 2.52 bits per heavy atom. The molecule has 0 bridgehead atoms. The third kappa shape index (κ3) is 5.14. The summed E-state index contributed by atoms with van der Waals surface area (Å²) < 4.78 is 5.42. The lowest BCUT2D eigenvalue weighted by molar-refractivity contribution is -0.118. The molecule has 0 aliphatic carbocycles. The smallest absolute Gasteiger partial charge is 0.255 e. The molecule has 2 aromatic rings. The summed E-state index contributed by atoms with van der Waals surface area (Å²) in [5.74, 6) is -0.0164. The van der Waals surface area contributed by atoms with Crippen LogP contribution >= 0.6 is 0 Å². The fourth-order valence-electron chi connectivity index (χ4n) is 2.03. The van der Waals surface area contributed by atoms with Crippen molar-refractivity contribution in [2.24, 2.45) is 5.73 Å². The zero-order valence-corrected chi connectivity index (χ0v) is 13.0. The van der Waals surface area contributed by atoms with Gasteiger partial charge in [0.1, 0.15) is 5.75 Å². The average molecular weight is 312 g/mol. The molecule has 3 N–H and O–H groups in total. The Hall–Kier alpha value is -2.82. The summed E-state index contributed by atoms with van der Waals surface area (Å²) in [5, 5.41) is 2.82. The van der Waals surface area contributed by atoms with Crippen LogP contribution in [-0.2, 0) is 11.2 Å². The van der Waals surface area contributed by atoms with Gasteiger partial charge in [-0.1, -0.05) is 25.1 Å². The minimum atomic E-state index is -0.412. The quantitative estimate of drug-likeness (QED) is 0.825. The van der Waals surface area contributed by atoms with Crippen LogP contribution in [0.2, 0.25) is 0 Å². The van der Waals surface area contributed by atoms with Crippen LogP contribution in [0.25, 0.3) is 0 Å². The molecule has 0 radical (unpaired) electrons. The lowest BCUT2D eigenvalue weighted by Gasteiger charge is -2.09. The van der Waals surface area contributed by atoms with E-state index < -0.39 is 5.91 Å². The molecular formula is C18H20N2O3. The van der Waals surface area contributed by atoms with Crippen LogP contribution in [0.3, 0.4) is 0 Å². The summed E-state index contributed by atoms with van der Waals surface area (Å²) in [7, 11) is 0. The summed E-state index contributed by atoms with van der Waals surface area (Å²) in [6, 6.07) is 14.5. The van der Waals surface area contributed by atoms with Crippen molar-refractivity contribution in [1.82, 2.24) is 0 Å². The van der Waals surface area contributed by atoms with Gasteiger partial charge in [0.25, 0.3) is 5.91 Å². The number of ether oxygens (including phenoxy) is 1. The molecular weight excluding hydrogens is 292 g/mol. The van der Waals surface area contributed by atoms with Crippen molar-refractivity contribution in [3.8, 4) is 5.75 Å². The van der Waals surface area contributed by atoms with E-state index in [1.165, 1.54) is 5.56 Å². The van der Waals surface area contributed by atoms with Gasteiger partial charge >= 0.3 is 0 Å². The highest BCUT2D eigenvalue weighted by Gasteiger charge is 2.07. The first-order valence-electron chi connectivity index (χ1n) is 7.50. The summed E-state index contributed by atoms with van der Waals surface area (Å²) >= 11 is 0. The molecule has 120 valence electrons. The number of nitrogens with two attached hydrogens (primary N) is 1. The summed E-state index contributed by atoms with van der Waals surface area (Å²) in [5.41, 5.74) is 7.48. The van der Waals surface area contributed by atoms with Crippen molar-refractivity contribution in [3.05, 3.63) is 59.7 Å². The number of hydrogen-bond donors (Lipinski definition) is 2. The Kier molecular flexibility index (Phi) is 5.74. The van der Waals surface area contributed by atoms with Gasteiger partial charge in [-0.05, 0) is 36.2 Å². The summed E-state index contributed by atoms with van der Waals surface area (Å²) in [6.07, 6.45) is 1.09. The van der Waals surface area contributed by atoms with E-state index >= 15 is 0 Å². The SMILES string of the molecule is CCc1ccc(C(=O)Nc2cccc(OCCC(N)=O)c2)cc1. The molecule has 0 saturated heterocycles. The number of carbonyl (C=O) groups is 2.